The van der Waals surface area contributed by atoms with Crippen molar-refractivity contribution in [3.05, 3.63) is 40.1 Å². The number of hydrogen-bond donors (Lipinski definition) is 1. The Bertz CT molecular complexity index is 492. The van der Waals surface area contributed by atoms with E-state index in [2.05, 4.69) is 56.7 Å². The van der Waals surface area contributed by atoms with Gasteiger partial charge in [0.1, 0.15) is 0 Å². The fraction of sp³-hybridized carbons (Fsp3) is 0.273. The topological polar surface area (TPSA) is 42.7 Å². The van der Waals surface area contributed by atoms with E-state index in [1.54, 1.807) is 10.9 Å². The van der Waals surface area contributed by atoms with Crippen molar-refractivity contribution >= 4 is 21.6 Å². The average molecular weight is 281 g/mol. The molecule has 0 fully saturated rings. The zero-order chi connectivity index (χ0) is 11.5. The third kappa shape index (κ3) is 2.41. The highest BCUT2D eigenvalue weighted by molar-refractivity contribution is 9.10. The lowest BCUT2D eigenvalue weighted by atomic mass is 10.2. The summed E-state index contributed by atoms with van der Waals surface area (Å²) in [6.45, 7) is 2.78. The minimum Gasteiger partial charge on any atom is -0.378 e. The maximum atomic E-state index is 3.88. The number of hydrogen-bond acceptors (Lipinski definition) is 3. The van der Waals surface area contributed by atoms with Gasteiger partial charge in [0, 0.05) is 17.2 Å². The maximum Gasteiger partial charge on any atom is 0.0774 e. The van der Waals surface area contributed by atoms with E-state index in [9.17, 15) is 0 Å². The molecule has 84 valence electrons. The standard InChI is InChI=1S/C11H13BrN4/c1-8-3-4-11(10(12)5-8)13-6-9-7-14-15-16(9)2/h3-5,7,13H,6H2,1-2H3. The molecule has 0 aliphatic rings. The summed E-state index contributed by atoms with van der Waals surface area (Å²) in [5.41, 5.74) is 3.36. The predicted molar refractivity (Wildman–Crippen MR) is 67.2 cm³/mol. The van der Waals surface area contributed by atoms with E-state index in [4.69, 9.17) is 0 Å². The van der Waals surface area contributed by atoms with Crippen LogP contribution in [0.3, 0.4) is 0 Å². The van der Waals surface area contributed by atoms with Crippen LogP contribution in [0.25, 0.3) is 0 Å². The Morgan fingerprint density at radius 1 is 1.44 bits per heavy atom. The molecule has 2 rings (SSSR count). The van der Waals surface area contributed by atoms with Gasteiger partial charge in [-0.05, 0) is 40.5 Å². The van der Waals surface area contributed by atoms with Gasteiger partial charge in [-0.2, -0.15) is 0 Å². The Morgan fingerprint density at radius 3 is 2.88 bits per heavy atom. The first-order chi connectivity index (χ1) is 7.66. The molecule has 2 aromatic rings. The SMILES string of the molecule is Cc1ccc(NCc2cnnn2C)c(Br)c1. The molecule has 16 heavy (non-hydrogen) atoms. The molecule has 0 unspecified atom stereocenters. The highest BCUT2D eigenvalue weighted by Gasteiger charge is 2.02. The van der Waals surface area contributed by atoms with Gasteiger partial charge in [0.2, 0.25) is 0 Å². The van der Waals surface area contributed by atoms with E-state index < -0.39 is 0 Å². The monoisotopic (exact) mass is 280 g/mol. The van der Waals surface area contributed by atoms with Gasteiger partial charge in [0.05, 0.1) is 18.4 Å². The maximum absolute atomic E-state index is 3.88. The number of nitrogens with zero attached hydrogens (tertiary/aromatic N) is 3. The van der Waals surface area contributed by atoms with Gasteiger partial charge in [0.15, 0.2) is 0 Å². The van der Waals surface area contributed by atoms with Crippen LogP contribution in [0.1, 0.15) is 11.3 Å². The van der Waals surface area contributed by atoms with E-state index in [-0.39, 0.29) is 0 Å². The number of halogens is 1. The van der Waals surface area contributed by atoms with Crippen LogP contribution < -0.4 is 5.32 Å². The fourth-order valence-corrected chi connectivity index (χ4v) is 2.05. The number of rotatable bonds is 3. The molecule has 1 heterocycles. The second-order valence-corrected chi connectivity index (χ2v) is 4.54. The van der Waals surface area contributed by atoms with Crippen LogP contribution in [-0.4, -0.2) is 15.0 Å². The third-order valence-corrected chi connectivity index (χ3v) is 3.05. The molecule has 0 saturated heterocycles. The molecule has 0 amide bonds. The first kappa shape index (κ1) is 11.1. The summed E-state index contributed by atoms with van der Waals surface area (Å²) in [4.78, 5) is 0. The number of aryl methyl sites for hydroxylation is 2. The van der Waals surface area contributed by atoms with Crippen molar-refractivity contribution in [2.24, 2.45) is 7.05 Å². The van der Waals surface area contributed by atoms with Gasteiger partial charge in [0.25, 0.3) is 0 Å². The Kier molecular flexibility index (Phi) is 3.24. The van der Waals surface area contributed by atoms with Crippen LogP contribution in [0.5, 0.6) is 0 Å². The normalized spacial score (nSPS) is 10.4. The summed E-state index contributed by atoms with van der Waals surface area (Å²) in [6, 6.07) is 6.22. The first-order valence-electron chi connectivity index (χ1n) is 5.00. The third-order valence-electron chi connectivity index (χ3n) is 2.39. The minimum atomic E-state index is 0.713. The molecular weight excluding hydrogens is 268 g/mol. The predicted octanol–water partition coefficient (Wildman–Crippen LogP) is 2.50. The lowest BCUT2D eigenvalue weighted by Gasteiger charge is -2.08. The Balaban J connectivity index is 2.08. The van der Waals surface area contributed by atoms with Crippen molar-refractivity contribution in [3.8, 4) is 0 Å². The molecule has 4 nitrogen and oxygen atoms in total. The molecule has 0 bridgehead atoms. The zero-order valence-corrected chi connectivity index (χ0v) is 10.8. The van der Waals surface area contributed by atoms with Crippen LogP contribution >= 0.6 is 15.9 Å². The molecule has 0 radical (unpaired) electrons. The summed E-state index contributed by atoms with van der Waals surface area (Å²) < 4.78 is 2.83. The van der Waals surface area contributed by atoms with Gasteiger partial charge in [-0.15, -0.1) is 5.10 Å². The Labute approximate surface area is 103 Å². The Hall–Kier alpha value is -1.36. The molecule has 0 atom stereocenters. The second kappa shape index (κ2) is 4.65. The van der Waals surface area contributed by atoms with E-state index in [1.807, 2.05) is 7.05 Å². The van der Waals surface area contributed by atoms with Crippen LogP contribution in [-0.2, 0) is 13.6 Å². The lowest BCUT2D eigenvalue weighted by Crippen LogP contribution is -2.05. The molecule has 1 aromatic heterocycles. The Morgan fingerprint density at radius 2 is 2.25 bits per heavy atom. The van der Waals surface area contributed by atoms with Gasteiger partial charge in [-0.25, -0.2) is 0 Å². The van der Waals surface area contributed by atoms with Crippen LogP contribution in [0.15, 0.2) is 28.9 Å². The van der Waals surface area contributed by atoms with Gasteiger partial charge < -0.3 is 5.32 Å². The van der Waals surface area contributed by atoms with Crippen molar-refractivity contribution < 1.29 is 0 Å². The van der Waals surface area contributed by atoms with Crippen molar-refractivity contribution in [1.82, 2.24) is 15.0 Å². The highest BCUT2D eigenvalue weighted by Crippen LogP contribution is 2.23. The summed E-state index contributed by atoms with van der Waals surface area (Å²) in [6.07, 6.45) is 1.76. The summed E-state index contributed by atoms with van der Waals surface area (Å²) in [7, 11) is 1.88. The van der Waals surface area contributed by atoms with Crippen LogP contribution in [0.2, 0.25) is 0 Å². The first-order valence-corrected chi connectivity index (χ1v) is 5.79. The smallest absolute Gasteiger partial charge is 0.0774 e. The number of aromatic nitrogens is 3. The quantitative estimate of drug-likeness (QED) is 0.940. The lowest BCUT2D eigenvalue weighted by molar-refractivity contribution is 0.683. The zero-order valence-electron chi connectivity index (χ0n) is 9.24. The molecule has 0 saturated carbocycles. The minimum absolute atomic E-state index is 0.713. The van der Waals surface area contributed by atoms with Crippen molar-refractivity contribution in [2.45, 2.75) is 13.5 Å². The van der Waals surface area contributed by atoms with Crippen molar-refractivity contribution in [3.63, 3.8) is 0 Å². The fourth-order valence-electron chi connectivity index (χ4n) is 1.42. The molecular formula is C11H13BrN4. The largest absolute Gasteiger partial charge is 0.378 e. The van der Waals surface area contributed by atoms with E-state index in [0.717, 1.165) is 15.9 Å². The molecule has 1 aromatic carbocycles. The molecule has 0 aliphatic heterocycles. The van der Waals surface area contributed by atoms with Gasteiger partial charge >= 0.3 is 0 Å². The molecule has 0 aliphatic carbocycles. The molecule has 0 spiro atoms. The molecule has 1 N–H and O–H groups in total. The van der Waals surface area contributed by atoms with Gasteiger partial charge in [-0.3, -0.25) is 4.68 Å². The highest BCUT2D eigenvalue weighted by atomic mass is 79.9. The van der Waals surface area contributed by atoms with Crippen molar-refractivity contribution in [1.29, 1.82) is 0 Å². The van der Waals surface area contributed by atoms with E-state index in [1.165, 1.54) is 5.56 Å². The number of nitrogens with one attached hydrogen (secondary N) is 1. The van der Waals surface area contributed by atoms with Gasteiger partial charge in [-0.1, -0.05) is 11.3 Å². The molecule has 5 heteroatoms. The summed E-state index contributed by atoms with van der Waals surface area (Å²) in [5, 5.41) is 11.0. The van der Waals surface area contributed by atoms with E-state index in [0.29, 0.717) is 6.54 Å². The number of benzene rings is 1. The second-order valence-electron chi connectivity index (χ2n) is 3.69. The van der Waals surface area contributed by atoms with Crippen molar-refractivity contribution in [2.75, 3.05) is 5.32 Å². The summed E-state index contributed by atoms with van der Waals surface area (Å²) >= 11 is 3.53. The van der Waals surface area contributed by atoms with Crippen LogP contribution in [0, 0.1) is 6.92 Å². The number of anilines is 1. The van der Waals surface area contributed by atoms with Crippen LogP contribution in [0.4, 0.5) is 5.69 Å². The summed E-state index contributed by atoms with van der Waals surface area (Å²) in [5.74, 6) is 0. The average Bonchev–Trinajstić information content (AvgIpc) is 2.63. The van der Waals surface area contributed by atoms with E-state index >= 15 is 0 Å².